The molecule has 2 aromatic rings. The molecule has 0 radical (unpaired) electrons. The molecular formula is C15H15NO4. The van der Waals surface area contributed by atoms with Gasteiger partial charge in [0, 0.05) is 5.56 Å². The van der Waals surface area contributed by atoms with Gasteiger partial charge >= 0.3 is 6.09 Å². The minimum atomic E-state index is -0.733. The van der Waals surface area contributed by atoms with Gasteiger partial charge in [0.1, 0.15) is 12.3 Å². The summed E-state index contributed by atoms with van der Waals surface area (Å²) in [6.45, 7) is 3.69. The summed E-state index contributed by atoms with van der Waals surface area (Å²) < 4.78 is 5.00. The highest BCUT2D eigenvalue weighted by molar-refractivity contribution is 5.86. The molecule has 0 spiro atoms. The number of ether oxygens (including phenoxy) is 1. The molecule has 2 aromatic carbocycles. The van der Waals surface area contributed by atoms with Gasteiger partial charge in [-0.05, 0) is 11.5 Å². The maximum absolute atomic E-state index is 11.6. The fraction of sp³-hybridized carbons (Fsp3) is 0.267. The van der Waals surface area contributed by atoms with E-state index in [1.54, 1.807) is 13.8 Å². The zero-order valence-corrected chi connectivity index (χ0v) is 11.3. The number of hydrogen-bond donors (Lipinski definition) is 1. The van der Waals surface area contributed by atoms with Crippen LogP contribution in [0.15, 0.2) is 39.9 Å². The lowest BCUT2D eigenvalue weighted by molar-refractivity contribution is 0.155. The van der Waals surface area contributed by atoms with Crippen molar-refractivity contribution in [3.05, 3.63) is 61.9 Å². The van der Waals surface area contributed by atoms with Crippen LogP contribution >= 0.6 is 0 Å². The van der Waals surface area contributed by atoms with Crippen LogP contribution < -0.4 is 16.2 Å². The third-order valence-electron chi connectivity index (χ3n) is 2.96. The summed E-state index contributed by atoms with van der Waals surface area (Å²) in [7, 11) is 0. The third kappa shape index (κ3) is 2.77. The van der Waals surface area contributed by atoms with Crippen LogP contribution in [0.5, 0.6) is 0 Å². The monoisotopic (exact) mass is 273 g/mol. The van der Waals surface area contributed by atoms with Crippen molar-refractivity contribution in [3.8, 4) is 0 Å². The quantitative estimate of drug-likeness (QED) is 0.866. The van der Waals surface area contributed by atoms with E-state index in [-0.39, 0.29) is 18.2 Å². The van der Waals surface area contributed by atoms with Crippen molar-refractivity contribution in [3.63, 3.8) is 0 Å². The second-order valence-corrected chi connectivity index (χ2v) is 4.79. The van der Waals surface area contributed by atoms with Crippen LogP contribution in [0.25, 0.3) is 0 Å². The molecule has 0 aromatic heterocycles. The second kappa shape index (κ2) is 5.69. The number of nitrogens with one attached hydrogen (secondary N) is 1. The zero-order valence-electron chi connectivity index (χ0n) is 11.3. The summed E-state index contributed by atoms with van der Waals surface area (Å²) in [6.07, 6.45) is -0.733. The van der Waals surface area contributed by atoms with Gasteiger partial charge in [-0.15, -0.1) is 0 Å². The van der Waals surface area contributed by atoms with Crippen LogP contribution in [0.2, 0.25) is 0 Å². The van der Waals surface area contributed by atoms with Gasteiger partial charge in [0.05, 0.1) is 0 Å². The Kier molecular flexibility index (Phi) is 3.98. The summed E-state index contributed by atoms with van der Waals surface area (Å²) in [4.78, 5) is 34.4. The van der Waals surface area contributed by atoms with E-state index in [0.29, 0.717) is 5.56 Å². The molecular weight excluding hydrogens is 258 g/mol. The molecule has 1 N–H and O–H groups in total. The molecule has 2 rings (SSSR count). The van der Waals surface area contributed by atoms with Gasteiger partial charge in [0.25, 0.3) is 0 Å². The maximum atomic E-state index is 11.6. The Morgan fingerprint density at radius 3 is 2.40 bits per heavy atom. The van der Waals surface area contributed by atoms with Gasteiger partial charge in [0.15, 0.2) is 0 Å². The van der Waals surface area contributed by atoms with Gasteiger partial charge in [-0.2, -0.15) is 0 Å². The molecule has 0 heterocycles. The molecule has 20 heavy (non-hydrogen) atoms. The van der Waals surface area contributed by atoms with E-state index in [1.807, 2.05) is 30.3 Å². The van der Waals surface area contributed by atoms with Crippen molar-refractivity contribution >= 4 is 11.8 Å². The molecule has 104 valence electrons. The minimum Gasteiger partial charge on any atom is -0.444 e. The van der Waals surface area contributed by atoms with Crippen molar-refractivity contribution in [2.45, 2.75) is 26.4 Å². The molecule has 5 heteroatoms. The van der Waals surface area contributed by atoms with Gasteiger partial charge in [-0.1, -0.05) is 44.2 Å². The number of rotatable bonds is 4. The molecule has 0 aliphatic heterocycles. The van der Waals surface area contributed by atoms with Crippen molar-refractivity contribution in [1.29, 1.82) is 0 Å². The first-order valence-electron chi connectivity index (χ1n) is 6.31. The predicted molar refractivity (Wildman–Crippen MR) is 75.7 cm³/mol. The average molecular weight is 273 g/mol. The summed E-state index contributed by atoms with van der Waals surface area (Å²) in [5, 5.41) is 2.35. The Hall–Kier alpha value is -2.43. The molecule has 0 fully saturated rings. The van der Waals surface area contributed by atoms with Gasteiger partial charge in [-0.25, -0.2) is 4.79 Å². The Balaban J connectivity index is 1.98. The lowest BCUT2D eigenvalue weighted by atomic mass is 9.96. The third-order valence-corrected chi connectivity index (χ3v) is 2.96. The van der Waals surface area contributed by atoms with Crippen LogP contribution in [0, 0.1) is 0 Å². The molecule has 0 saturated heterocycles. The van der Waals surface area contributed by atoms with Crippen LogP contribution in [0.4, 0.5) is 10.5 Å². The summed E-state index contributed by atoms with van der Waals surface area (Å²) in [5.41, 5.74) is 0.0650. The number of hydrogen-bond acceptors (Lipinski definition) is 4. The Bertz CT molecular complexity index is 682. The largest absolute Gasteiger partial charge is 0.444 e. The predicted octanol–water partition coefficient (Wildman–Crippen LogP) is 2.15. The number of anilines is 1. The van der Waals surface area contributed by atoms with Gasteiger partial charge in [0.2, 0.25) is 10.9 Å². The molecule has 0 atom stereocenters. The first-order chi connectivity index (χ1) is 9.50. The zero-order chi connectivity index (χ0) is 14.7. The number of carbonyl (C=O) groups excluding carboxylic acids is 1. The standard InChI is InChI=1S/C15H15NO4/c1-9(2)11-12(14(18)13(11)17)16-15(19)20-8-10-6-4-3-5-7-10/h3-7,9H,8H2,1-2H3,(H,16,19). The topological polar surface area (TPSA) is 72.5 Å². The van der Waals surface area contributed by atoms with E-state index in [9.17, 15) is 14.4 Å². The highest BCUT2D eigenvalue weighted by Crippen LogP contribution is 2.18. The lowest BCUT2D eigenvalue weighted by Crippen LogP contribution is -2.40. The average Bonchev–Trinajstić information content (AvgIpc) is 2.44. The normalized spacial score (nSPS) is 10.8. The first-order valence-corrected chi connectivity index (χ1v) is 6.31. The molecule has 0 aliphatic rings. The molecule has 0 bridgehead atoms. The second-order valence-electron chi connectivity index (χ2n) is 4.79. The SMILES string of the molecule is CC(C)c1c(NC(=O)OCc2ccccc2)c(=O)c1=O. The summed E-state index contributed by atoms with van der Waals surface area (Å²) in [5.74, 6) is -0.107. The fourth-order valence-electron chi connectivity index (χ4n) is 1.95. The minimum absolute atomic E-state index is 0.0584. The summed E-state index contributed by atoms with van der Waals surface area (Å²) in [6, 6.07) is 9.18. The van der Waals surface area contributed by atoms with Crippen LogP contribution in [-0.2, 0) is 11.3 Å². The van der Waals surface area contributed by atoms with E-state index in [1.165, 1.54) is 0 Å². The Morgan fingerprint density at radius 1 is 1.15 bits per heavy atom. The lowest BCUT2D eigenvalue weighted by Gasteiger charge is -2.14. The van der Waals surface area contributed by atoms with E-state index < -0.39 is 17.0 Å². The summed E-state index contributed by atoms with van der Waals surface area (Å²) >= 11 is 0. The van der Waals surface area contributed by atoms with Crippen molar-refractivity contribution < 1.29 is 9.53 Å². The number of carbonyl (C=O) groups is 1. The van der Waals surface area contributed by atoms with Crippen LogP contribution in [0.1, 0.15) is 30.9 Å². The highest BCUT2D eigenvalue weighted by atomic mass is 16.5. The van der Waals surface area contributed by atoms with Gasteiger partial charge in [-0.3, -0.25) is 14.9 Å². The fourth-order valence-corrected chi connectivity index (χ4v) is 1.95. The molecule has 0 aliphatic carbocycles. The smallest absolute Gasteiger partial charge is 0.412 e. The van der Waals surface area contributed by atoms with E-state index in [2.05, 4.69) is 5.32 Å². The van der Waals surface area contributed by atoms with Crippen molar-refractivity contribution in [1.82, 2.24) is 0 Å². The van der Waals surface area contributed by atoms with Gasteiger partial charge < -0.3 is 4.74 Å². The molecule has 0 unspecified atom stereocenters. The number of benzene rings is 1. The Morgan fingerprint density at radius 2 is 1.80 bits per heavy atom. The first kappa shape index (κ1) is 14.0. The molecule has 0 saturated carbocycles. The Labute approximate surface area is 115 Å². The molecule has 5 nitrogen and oxygen atoms in total. The van der Waals surface area contributed by atoms with Crippen LogP contribution in [0.3, 0.4) is 0 Å². The van der Waals surface area contributed by atoms with E-state index in [4.69, 9.17) is 4.74 Å². The van der Waals surface area contributed by atoms with Crippen LogP contribution in [-0.4, -0.2) is 6.09 Å². The maximum Gasteiger partial charge on any atom is 0.412 e. The van der Waals surface area contributed by atoms with Crippen molar-refractivity contribution in [2.75, 3.05) is 5.32 Å². The molecule has 1 amide bonds. The highest BCUT2D eigenvalue weighted by Gasteiger charge is 2.24. The van der Waals surface area contributed by atoms with E-state index >= 15 is 0 Å². The van der Waals surface area contributed by atoms with Crippen molar-refractivity contribution in [2.24, 2.45) is 0 Å². The van der Waals surface area contributed by atoms with E-state index in [0.717, 1.165) is 5.56 Å². The number of amides is 1.